The Kier molecular flexibility index (Phi) is 11.7. The summed E-state index contributed by atoms with van der Waals surface area (Å²) in [6, 6.07) is 36.9. The molecule has 0 spiro atoms. The van der Waals surface area contributed by atoms with Crippen LogP contribution in [-0.4, -0.2) is 30.3 Å². The van der Waals surface area contributed by atoms with Crippen LogP contribution < -0.4 is 16.0 Å². The SMILES string of the molecule is CCOC(=O)c1ccc(NC(=O)C(Sc2cccc(NC(=O)/C(=C/c3ccccc3F)NC(=O)c3ccccc3)c2)c2ccccc2)cc1. The first-order valence-electron chi connectivity index (χ1n) is 15.3. The molecule has 10 heteroatoms. The van der Waals surface area contributed by atoms with Gasteiger partial charge >= 0.3 is 5.97 Å². The smallest absolute Gasteiger partial charge is 0.338 e. The Balaban J connectivity index is 1.35. The van der Waals surface area contributed by atoms with Gasteiger partial charge in [-0.1, -0.05) is 72.8 Å². The second kappa shape index (κ2) is 16.7. The van der Waals surface area contributed by atoms with Gasteiger partial charge < -0.3 is 20.7 Å². The average molecular weight is 674 g/mol. The van der Waals surface area contributed by atoms with Crippen molar-refractivity contribution in [2.75, 3.05) is 17.2 Å². The van der Waals surface area contributed by atoms with Crippen LogP contribution in [0.3, 0.4) is 0 Å². The summed E-state index contributed by atoms with van der Waals surface area (Å²) in [5.74, 6) is -2.50. The normalized spacial score (nSPS) is 11.6. The molecule has 0 saturated heterocycles. The van der Waals surface area contributed by atoms with Gasteiger partial charge in [-0.05, 0) is 79.2 Å². The quantitative estimate of drug-likeness (QED) is 0.0706. The molecule has 0 aliphatic carbocycles. The number of anilines is 2. The molecule has 0 aliphatic rings. The summed E-state index contributed by atoms with van der Waals surface area (Å²) < 4.78 is 19.6. The molecule has 5 aromatic rings. The molecule has 0 fully saturated rings. The standard InChI is InChI=1S/C39H32FN3O5S/c1-2-48-39(47)28-20-22-30(23-21-28)41-38(46)35(26-12-5-3-6-13-26)49-32-18-11-17-31(25-32)42-37(45)34(24-29-16-9-10-19-33(29)40)43-36(44)27-14-7-4-8-15-27/h3-25,35H,2H2,1H3,(H,41,46)(H,42,45)(H,43,44)/b34-24-. The van der Waals surface area contributed by atoms with Crippen LogP contribution in [0.1, 0.15) is 44.0 Å². The first-order chi connectivity index (χ1) is 23.8. The highest BCUT2D eigenvalue weighted by Gasteiger charge is 2.23. The van der Waals surface area contributed by atoms with Gasteiger partial charge in [0.05, 0.1) is 12.2 Å². The number of thioether (sulfide) groups is 1. The van der Waals surface area contributed by atoms with Crippen LogP contribution in [0.25, 0.3) is 6.08 Å². The van der Waals surface area contributed by atoms with Gasteiger partial charge in [-0.2, -0.15) is 0 Å². The Labute approximate surface area is 287 Å². The summed E-state index contributed by atoms with van der Waals surface area (Å²) in [5, 5.41) is 7.64. The molecule has 5 aromatic carbocycles. The second-order valence-corrected chi connectivity index (χ2v) is 11.8. The highest BCUT2D eigenvalue weighted by atomic mass is 32.2. The van der Waals surface area contributed by atoms with E-state index >= 15 is 0 Å². The van der Waals surface area contributed by atoms with E-state index in [1.54, 1.807) is 85.8 Å². The van der Waals surface area contributed by atoms with Crippen LogP contribution in [0.2, 0.25) is 0 Å². The second-order valence-electron chi connectivity index (χ2n) is 10.6. The van der Waals surface area contributed by atoms with Crippen LogP contribution in [-0.2, 0) is 14.3 Å². The summed E-state index contributed by atoms with van der Waals surface area (Å²) in [7, 11) is 0. The summed E-state index contributed by atoms with van der Waals surface area (Å²) in [6.07, 6.45) is 1.28. The van der Waals surface area contributed by atoms with Gasteiger partial charge in [0, 0.05) is 27.4 Å². The van der Waals surface area contributed by atoms with Crippen molar-refractivity contribution < 1.29 is 28.3 Å². The lowest BCUT2D eigenvalue weighted by molar-refractivity contribution is -0.116. The van der Waals surface area contributed by atoms with Crippen molar-refractivity contribution in [3.8, 4) is 0 Å². The lowest BCUT2D eigenvalue weighted by Crippen LogP contribution is -2.30. The molecule has 0 radical (unpaired) electrons. The highest BCUT2D eigenvalue weighted by Crippen LogP contribution is 2.37. The number of nitrogens with one attached hydrogen (secondary N) is 3. The van der Waals surface area contributed by atoms with E-state index in [9.17, 15) is 23.6 Å². The van der Waals surface area contributed by atoms with Crippen LogP contribution in [0.15, 0.2) is 144 Å². The molecule has 8 nitrogen and oxygen atoms in total. The molecule has 1 unspecified atom stereocenters. The van der Waals surface area contributed by atoms with Gasteiger partial charge in [-0.3, -0.25) is 14.4 Å². The number of hydrogen-bond acceptors (Lipinski definition) is 6. The zero-order valence-corrected chi connectivity index (χ0v) is 27.2. The molecule has 0 aliphatic heterocycles. The predicted molar refractivity (Wildman–Crippen MR) is 189 cm³/mol. The van der Waals surface area contributed by atoms with Gasteiger partial charge in [0.25, 0.3) is 11.8 Å². The van der Waals surface area contributed by atoms with Gasteiger partial charge in [0.15, 0.2) is 0 Å². The number of benzene rings is 5. The third-order valence-electron chi connectivity index (χ3n) is 7.08. The first-order valence-corrected chi connectivity index (χ1v) is 16.2. The molecule has 0 aromatic heterocycles. The summed E-state index contributed by atoms with van der Waals surface area (Å²) in [5.41, 5.74) is 2.32. The zero-order valence-electron chi connectivity index (χ0n) is 26.4. The lowest BCUT2D eigenvalue weighted by Gasteiger charge is -2.18. The molecule has 5 rings (SSSR count). The van der Waals surface area contributed by atoms with Crippen molar-refractivity contribution in [3.63, 3.8) is 0 Å². The van der Waals surface area contributed by atoms with Gasteiger partial charge in [-0.25, -0.2) is 9.18 Å². The molecule has 3 N–H and O–H groups in total. The van der Waals surface area contributed by atoms with Crippen molar-refractivity contribution in [1.29, 1.82) is 0 Å². The van der Waals surface area contributed by atoms with Gasteiger partial charge in [-0.15, -0.1) is 11.8 Å². The maximum absolute atomic E-state index is 14.6. The number of amides is 3. The molecule has 1 atom stereocenters. The zero-order chi connectivity index (χ0) is 34.6. The van der Waals surface area contributed by atoms with E-state index in [4.69, 9.17) is 4.74 Å². The fourth-order valence-corrected chi connectivity index (χ4v) is 5.77. The van der Waals surface area contributed by atoms with E-state index in [-0.39, 0.29) is 23.8 Å². The topological polar surface area (TPSA) is 114 Å². The average Bonchev–Trinajstić information content (AvgIpc) is 3.12. The summed E-state index contributed by atoms with van der Waals surface area (Å²) in [4.78, 5) is 52.9. The molecule has 49 heavy (non-hydrogen) atoms. The Morgan fingerprint density at radius 3 is 2.10 bits per heavy atom. The van der Waals surface area contributed by atoms with Crippen molar-refractivity contribution in [2.45, 2.75) is 17.1 Å². The Morgan fingerprint density at radius 2 is 1.41 bits per heavy atom. The van der Waals surface area contributed by atoms with Crippen LogP contribution in [0, 0.1) is 5.82 Å². The van der Waals surface area contributed by atoms with E-state index < -0.39 is 28.9 Å². The van der Waals surface area contributed by atoms with Crippen molar-refractivity contribution >= 4 is 52.9 Å². The summed E-state index contributed by atoms with van der Waals surface area (Å²) in [6.45, 7) is 1.99. The molecule has 3 amide bonds. The van der Waals surface area contributed by atoms with Crippen molar-refractivity contribution in [2.24, 2.45) is 0 Å². The maximum atomic E-state index is 14.6. The third kappa shape index (κ3) is 9.52. The fraction of sp³-hybridized carbons (Fsp3) is 0.0769. The largest absolute Gasteiger partial charge is 0.462 e. The lowest BCUT2D eigenvalue weighted by atomic mass is 10.1. The summed E-state index contributed by atoms with van der Waals surface area (Å²) >= 11 is 1.27. The number of halogens is 1. The molecular weight excluding hydrogens is 642 g/mol. The molecule has 0 bridgehead atoms. The minimum atomic E-state index is -0.682. The van der Waals surface area contributed by atoms with Crippen LogP contribution in [0.4, 0.5) is 15.8 Å². The highest BCUT2D eigenvalue weighted by molar-refractivity contribution is 8.00. The van der Waals surface area contributed by atoms with Crippen molar-refractivity contribution in [1.82, 2.24) is 5.32 Å². The molecule has 246 valence electrons. The van der Waals surface area contributed by atoms with Gasteiger partial charge in [0.1, 0.15) is 16.8 Å². The predicted octanol–water partition coefficient (Wildman–Crippen LogP) is 7.88. The number of hydrogen-bond donors (Lipinski definition) is 3. The Hall–Kier alpha value is -6.00. The maximum Gasteiger partial charge on any atom is 0.338 e. The third-order valence-corrected chi connectivity index (χ3v) is 8.33. The monoisotopic (exact) mass is 673 g/mol. The van der Waals surface area contributed by atoms with Gasteiger partial charge in [0.2, 0.25) is 5.91 Å². The number of ether oxygens (including phenoxy) is 1. The minimum Gasteiger partial charge on any atom is -0.462 e. The molecule has 0 saturated carbocycles. The van der Waals surface area contributed by atoms with E-state index in [2.05, 4.69) is 16.0 Å². The van der Waals surface area contributed by atoms with Crippen molar-refractivity contribution in [3.05, 3.63) is 167 Å². The Morgan fingerprint density at radius 1 is 0.735 bits per heavy atom. The number of esters is 1. The van der Waals surface area contributed by atoms with E-state index in [1.165, 1.54) is 36.0 Å². The van der Waals surface area contributed by atoms with E-state index in [0.717, 1.165) is 5.56 Å². The molecular formula is C39H32FN3O5S. The number of rotatable bonds is 12. The van der Waals surface area contributed by atoms with Crippen LogP contribution in [0.5, 0.6) is 0 Å². The van der Waals surface area contributed by atoms with E-state index in [1.807, 2.05) is 36.4 Å². The van der Waals surface area contributed by atoms with E-state index in [0.29, 0.717) is 27.4 Å². The number of carbonyl (C=O) groups excluding carboxylic acids is 4. The fourth-order valence-electron chi connectivity index (χ4n) is 4.68. The van der Waals surface area contributed by atoms with Crippen LogP contribution >= 0.6 is 11.8 Å². The Bertz CT molecular complexity index is 1970. The molecule has 0 heterocycles. The first kappa shape index (κ1) is 34.3. The number of carbonyl (C=O) groups is 4. The minimum absolute atomic E-state index is 0.123.